The molecule has 2 amide bonds. The summed E-state index contributed by atoms with van der Waals surface area (Å²) in [6, 6.07) is 24.7. The fourth-order valence-corrected chi connectivity index (χ4v) is 5.27. The lowest BCUT2D eigenvalue weighted by molar-refractivity contribution is -0.137. The Morgan fingerprint density at radius 3 is 2.02 bits per heavy atom. The highest BCUT2D eigenvalue weighted by molar-refractivity contribution is 5.97. The highest BCUT2D eigenvalue weighted by Crippen LogP contribution is 2.25. The van der Waals surface area contributed by atoms with Crippen molar-refractivity contribution in [1.82, 2.24) is 4.90 Å². The van der Waals surface area contributed by atoms with Crippen LogP contribution in [0.1, 0.15) is 70.9 Å². The van der Waals surface area contributed by atoms with E-state index in [9.17, 15) is 24.3 Å². The molecule has 4 aromatic rings. The van der Waals surface area contributed by atoms with Crippen LogP contribution in [-0.2, 0) is 22.6 Å². The largest absolute Gasteiger partial charge is 0.497 e. The van der Waals surface area contributed by atoms with Crippen LogP contribution >= 0.6 is 0 Å². The maximum absolute atomic E-state index is 13.4. The number of carboxylic acid groups (broad SMARTS) is 1. The van der Waals surface area contributed by atoms with Crippen LogP contribution in [0.15, 0.2) is 91.0 Å². The molecule has 0 aromatic heterocycles. The van der Waals surface area contributed by atoms with E-state index >= 15 is 0 Å². The number of carbonyl (C=O) groups is 4. The smallest absolute Gasteiger partial charge is 0.343 e. The van der Waals surface area contributed by atoms with E-state index in [-0.39, 0.29) is 24.4 Å². The van der Waals surface area contributed by atoms with Crippen LogP contribution in [0.3, 0.4) is 0 Å². The van der Waals surface area contributed by atoms with E-state index in [0.717, 1.165) is 12.8 Å². The summed E-state index contributed by atoms with van der Waals surface area (Å²) in [5.41, 5.74) is 2.37. The maximum Gasteiger partial charge on any atom is 0.343 e. The second-order valence-corrected chi connectivity index (χ2v) is 11.9. The van der Waals surface area contributed by atoms with Crippen molar-refractivity contribution in [3.8, 4) is 23.0 Å². The summed E-state index contributed by atoms with van der Waals surface area (Å²) in [5.74, 6) is -0.365. The van der Waals surface area contributed by atoms with Gasteiger partial charge in [-0.1, -0.05) is 44.7 Å². The number of carboxylic acids is 1. The van der Waals surface area contributed by atoms with E-state index in [2.05, 4.69) is 12.2 Å². The van der Waals surface area contributed by atoms with E-state index in [1.165, 1.54) is 50.5 Å². The molecule has 0 unspecified atom stereocenters. The van der Waals surface area contributed by atoms with E-state index < -0.39 is 24.4 Å². The minimum Gasteiger partial charge on any atom is -0.497 e. The molecule has 0 aliphatic rings. The molecule has 0 aliphatic carbocycles. The molecule has 11 nitrogen and oxygen atoms in total. The van der Waals surface area contributed by atoms with Gasteiger partial charge < -0.3 is 34.3 Å². The Kier molecular flexibility index (Phi) is 14.4. The zero-order chi connectivity index (χ0) is 36.6. The Morgan fingerprint density at radius 2 is 1.37 bits per heavy atom. The van der Waals surface area contributed by atoms with Gasteiger partial charge in [0.2, 0.25) is 5.91 Å². The number of anilines is 1. The summed E-state index contributed by atoms with van der Waals surface area (Å²) in [6.45, 7) is 2.28. The number of hydrogen-bond acceptors (Lipinski definition) is 8. The molecule has 4 rings (SSSR count). The summed E-state index contributed by atoms with van der Waals surface area (Å²) in [5, 5.41) is 12.3. The fraction of sp³-hybridized carbons (Fsp3) is 0.300. The van der Waals surface area contributed by atoms with Crippen molar-refractivity contribution in [2.75, 3.05) is 32.7 Å². The molecule has 268 valence electrons. The number of ether oxygens (including phenoxy) is 4. The van der Waals surface area contributed by atoms with E-state index in [4.69, 9.17) is 18.9 Å². The summed E-state index contributed by atoms with van der Waals surface area (Å²) < 4.78 is 21.9. The van der Waals surface area contributed by atoms with Crippen molar-refractivity contribution in [3.05, 3.63) is 113 Å². The predicted molar refractivity (Wildman–Crippen MR) is 193 cm³/mol. The Labute approximate surface area is 298 Å². The minimum atomic E-state index is -1.17. The van der Waals surface area contributed by atoms with Crippen molar-refractivity contribution in [2.24, 2.45) is 0 Å². The zero-order valence-corrected chi connectivity index (χ0v) is 29.2. The van der Waals surface area contributed by atoms with Gasteiger partial charge in [0.15, 0.2) is 0 Å². The molecule has 0 atom stereocenters. The van der Waals surface area contributed by atoms with Crippen molar-refractivity contribution in [3.63, 3.8) is 0 Å². The van der Waals surface area contributed by atoms with Crippen molar-refractivity contribution < 1.29 is 43.2 Å². The Balaban J connectivity index is 1.31. The second kappa shape index (κ2) is 19.4. The summed E-state index contributed by atoms with van der Waals surface area (Å²) in [6.07, 6.45) is 5.78. The van der Waals surface area contributed by atoms with Gasteiger partial charge in [-0.25, -0.2) is 4.79 Å². The first-order chi connectivity index (χ1) is 24.7. The van der Waals surface area contributed by atoms with Crippen molar-refractivity contribution in [2.45, 2.75) is 52.0 Å². The number of amides is 2. The molecule has 0 aliphatic heterocycles. The molecular weight excluding hydrogens is 652 g/mol. The Morgan fingerprint density at radius 1 is 0.725 bits per heavy atom. The van der Waals surface area contributed by atoms with Gasteiger partial charge in [-0.05, 0) is 90.8 Å². The average Bonchev–Trinajstić information content (AvgIpc) is 3.13. The predicted octanol–water partition coefficient (Wildman–Crippen LogP) is 7.18. The van der Waals surface area contributed by atoms with Crippen LogP contribution < -0.4 is 24.3 Å². The molecule has 0 heterocycles. The minimum absolute atomic E-state index is 0.000282. The number of carbonyl (C=O) groups excluding carboxylic acids is 3. The molecular formula is C40H44N2O9. The van der Waals surface area contributed by atoms with E-state index in [1.807, 2.05) is 0 Å². The highest BCUT2D eigenvalue weighted by atomic mass is 16.5. The van der Waals surface area contributed by atoms with Gasteiger partial charge in [0.05, 0.1) is 32.8 Å². The Bertz CT molecular complexity index is 1750. The SMILES string of the molecule is CCCCCCCOc1ccc(C(=O)Oc2ccc(CN(CC(=O)O)C(=O)c3ccc(NC(=O)Cc4cc(OC)ccc4OC)cc3)cc2)cc1. The van der Waals surface area contributed by atoms with Gasteiger partial charge in [0.25, 0.3) is 5.91 Å². The molecule has 2 N–H and O–H groups in total. The van der Waals surface area contributed by atoms with Gasteiger partial charge >= 0.3 is 11.9 Å². The molecule has 11 heteroatoms. The van der Waals surface area contributed by atoms with Crippen LogP contribution in [0.25, 0.3) is 0 Å². The third kappa shape index (κ3) is 11.9. The third-order valence-electron chi connectivity index (χ3n) is 7.98. The standard InChI is InChI=1S/C40H44N2O9/c1-4-5-6-7-8-23-50-33-19-13-30(14-20-33)40(47)51-34-17-9-28(10-18-34)26-42(27-38(44)45)39(46)29-11-15-32(16-12-29)41-37(43)25-31-24-35(48-2)21-22-36(31)49-3/h9-22,24H,4-8,23,25-27H2,1-3H3,(H,41,43)(H,44,45). The van der Waals surface area contributed by atoms with Crippen LogP contribution in [0.4, 0.5) is 5.69 Å². The van der Waals surface area contributed by atoms with Crippen molar-refractivity contribution >= 4 is 29.4 Å². The molecule has 51 heavy (non-hydrogen) atoms. The maximum atomic E-state index is 13.4. The van der Waals surface area contributed by atoms with Gasteiger partial charge in [-0.2, -0.15) is 0 Å². The normalized spacial score (nSPS) is 10.6. The Hall–Kier alpha value is -5.84. The number of aliphatic carboxylic acids is 1. The quantitative estimate of drug-likeness (QED) is 0.0593. The number of unbranched alkanes of at least 4 members (excludes halogenated alkanes) is 4. The molecule has 4 aromatic carbocycles. The number of rotatable bonds is 19. The lowest BCUT2D eigenvalue weighted by atomic mass is 10.1. The van der Waals surface area contributed by atoms with Crippen LogP contribution in [0, 0.1) is 0 Å². The average molecular weight is 697 g/mol. The molecule has 0 saturated carbocycles. The van der Waals surface area contributed by atoms with Gasteiger partial charge in [-0.15, -0.1) is 0 Å². The first-order valence-electron chi connectivity index (χ1n) is 16.8. The van der Waals surface area contributed by atoms with Crippen LogP contribution in [0.2, 0.25) is 0 Å². The summed E-state index contributed by atoms with van der Waals surface area (Å²) in [7, 11) is 3.06. The number of hydrogen-bond donors (Lipinski definition) is 2. The third-order valence-corrected chi connectivity index (χ3v) is 7.98. The molecule has 0 saturated heterocycles. The fourth-order valence-electron chi connectivity index (χ4n) is 5.27. The first kappa shape index (κ1) is 38.0. The number of benzene rings is 4. The van der Waals surface area contributed by atoms with Crippen LogP contribution in [0.5, 0.6) is 23.0 Å². The lowest BCUT2D eigenvalue weighted by Gasteiger charge is -2.21. The molecule has 0 radical (unpaired) electrons. The summed E-state index contributed by atoms with van der Waals surface area (Å²) >= 11 is 0. The highest BCUT2D eigenvalue weighted by Gasteiger charge is 2.20. The molecule has 0 spiro atoms. The zero-order valence-electron chi connectivity index (χ0n) is 29.2. The number of esters is 1. The monoisotopic (exact) mass is 696 g/mol. The molecule has 0 bridgehead atoms. The van der Waals surface area contributed by atoms with Crippen molar-refractivity contribution in [1.29, 1.82) is 0 Å². The number of nitrogens with one attached hydrogen (secondary N) is 1. The van der Waals surface area contributed by atoms with Gasteiger partial charge in [0.1, 0.15) is 29.5 Å². The number of nitrogens with zero attached hydrogens (tertiary/aromatic N) is 1. The van der Waals surface area contributed by atoms with E-state index in [1.54, 1.807) is 78.9 Å². The van der Waals surface area contributed by atoms with E-state index in [0.29, 0.717) is 52.0 Å². The topological polar surface area (TPSA) is 141 Å². The second-order valence-electron chi connectivity index (χ2n) is 11.9. The first-order valence-corrected chi connectivity index (χ1v) is 16.8. The molecule has 0 fully saturated rings. The lowest BCUT2D eigenvalue weighted by Crippen LogP contribution is -2.35. The van der Waals surface area contributed by atoms with Gasteiger partial charge in [0, 0.05) is 23.4 Å². The summed E-state index contributed by atoms with van der Waals surface area (Å²) in [4.78, 5) is 51.7. The number of methoxy groups -OCH3 is 2. The van der Waals surface area contributed by atoms with Crippen LogP contribution in [-0.4, -0.2) is 61.1 Å². The van der Waals surface area contributed by atoms with Gasteiger partial charge in [-0.3, -0.25) is 14.4 Å².